The molecular weight excluding hydrogens is 312 g/mol. The van der Waals surface area contributed by atoms with Crippen LogP contribution in [0.2, 0.25) is 0 Å². The quantitative estimate of drug-likeness (QED) is 0.635. The lowest BCUT2D eigenvalue weighted by Gasteiger charge is -2.11. The number of aryl methyl sites for hydroxylation is 1. The van der Waals surface area contributed by atoms with E-state index >= 15 is 0 Å². The van der Waals surface area contributed by atoms with E-state index in [1.807, 2.05) is 6.07 Å². The fourth-order valence-electron chi connectivity index (χ4n) is 1.77. The molecule has 6 heteroatoms. The maximum Gasteiger partial charge on any atom is 0.204 e. The van der Waals surface area contributed by atoms with Gasteiger partial charge in [0.15, 0.2) is 6.20 Å². The molecule has 0 N–H and O–H groups in total. The number of hydrogen-bond donors (Lipinski definition) is 0. The minimum Gasteiger partial charge on any atom is -0.748 e. The van der Waals surface area contributed by atoms with Crippen molar-refractivity contribution < 1.29 is 17.5 Å². The van der Waals surface area contributed by atoms with Crippen LogP contribution in [0, 0.1) is 0 Å². The predicted molar refractivity (Wildman–Crippen MR) is 92.9 cm³/mol. The van der Waals surface area contributed by atoms with Gasteiger partial charge >= 0.3 is 0 Å². The Hall–Kier alpha value is -2.18. The molecule has 23 heavy (non-hydrogen) atoms. The first kappa shape index (κ1) is 18.9. The van der Waals surface area contributed by atoms with Crippen LogP contribution in [-0.2, 0) is 17.2 Å². The van der Waals surface area contributed by atoms with Crippen LogP contribution in [-0.4, -0.2) is 33.3 Å². The lowest BCUT2D eigenvalue weighted by molar-refractivity contribution is -0.673. The first-order chi connectivity index (χ1) is 10.7. The van der Waals surface area contributed by atoms with Crippen molar-refractivity contribution in [3.05, 3.63) is 59.9 Å². The van der Waals surface area contributed by atoms with Gasteiger partial charge in [-0.1, -0.05) is 12.1 Å². The molecular formula is C17H22N2O3S. The zero-order valence-corrected chi connectivity index (χ0v) is 14.6. The average Bonchev–Trinajstić information content (AvgIpc) is 2.45. The average molecular weight is 334 g/mol. The van der Waals surface area contributed by atoms with Crippen LogP contribution in [0.4, 0.5) is 5.69 Å². The van der Waals surface area contributed by atoms with Crippen molar-refractivity contribution in [1.29, 1.82) is 0 Å². The number of hydrogen-bond acceptors (Lipinski definition) is 4. The molecule has 0 saturated carbocycles. The Labute approximate surface area is 138 Å². The molecule has 0 radical (unpaired) electrons. The van der Waals surface area contributed by atoms with E-state index in [-0.39, 0.29) is 0 Å². The van der Waals surface area contributed by atoms with E-state index in [1.165, 1.54) is 16.9 Å². The largest absolute Gasteiger partial charge is 0.748 e. The number of rotatable bonds is 3. The van der Waals surface area contributed by atoms with Gasteiger partial charge in [-0.15, -0.1) is 0 Å². The van der Waals surface area contributed by atoms with Crippen molar-refractivity contribution in [3.63, 3.8) is 0 Å². The van der Waals surface area contributed by atoms with Crippen LogP contribution in [0.25, 0.3) is 12.2 Å². The van der Waals surface area contributed by atoms with E-state index in [4.69, 9.17) is 13.0 Å². The zero-order valence-electron chi connectivity index (χ0n) is 13.8. The Morgan fingerprint density at radius 3 is 2.09 bits per heavy atom. The SMILES string of the molecule is CN(C)c1ccc(C=Cc2cccc[n+]2C)cc1.CS(=O)(=O)[O-]. The standard InChI is InChI=1S/C16H19N2.CH4O3S/c1-17(2)15-10-7-14(8-11-15)9-12-16-6-4-5-13-18(16)3;1-5(2,3)4/h4-13H,1-3H3;1H3,(H,2,3,4)/q+1;/p-1. The summed E-state index contributed by atoms with van der Waals surface area (Å²) in [6.45, 7) is 0. The molecule has 1 aromatic heterocycles. The highest BCUT2D eigenvalue weighted by molar-refractivity contribution is 7.84. The molecule has 0 bridgehead atoms. The van der Waals surface area contributed by atoms with Gasteiger partial charge in [-0.25, -0.2) is 13.0 Å². The monoisotopic (exact) mass is 334 g/mol. The third kappa shape index (κ3) is 8.13. The minimum absolute atomic E-state index is 0.604. The van der Waals surface area contributed by atoms with E-state index in [9.17, 15) is 0 Å². The molecule has 2 aromatic rings. The summed E-state index contributed by atoms with van der Waals surface area (Å²) in [5, 5.41) is 0. The third-order valence-corrected chi connectivity index (χ3v) is 2.95. The van der Waals surface area contributed by atoms with Gasteiger partial charge in [0.2, 0.25) is 5.69 Å². The van der Waals surface area contributed by atoms with Crippen molar-refractivity contribution in [3.8, 4) is 0 Å². The highest BCUT2D eigenvalue weighted by atomic mass is 32.2. The Bertz CT molecular complexity index is 744. The van der Waals surface area contributed by atoms with E-state index in [0.29, 0.717) is 6.26 Å². The highest BCUT2D eigenvalue weighted by Crippen LogP contribution is 2.13. The molecule has 1 aromatic carbocycles. The molecule has 0 spiro atoms. The summed E-state index contributed by atoms with van der Waals surface area (Å²) in [6, 6.07) is 14.7. The molecule has 0 atom stereocenters. The molecule has 124 valence electrons. The van der Waals surface area contributed by atoms with Gasteiger partial charge in [-0.05, 0) is 29.8 Å². The van der Waals surface area contributed by atoms with E-state index in [2.05, 4.69) is 85.4 Å². The number of pyridine rings is 1. The van der Waals surface area contributed by atoms with Gasteiger partial charge in [-0.3, -0.25) is 0 Å². The highest BCUT2D eigenvalue weighted by Gasteiger charge is 1.99. The first-order valence-electron chi connectivity index (χ1n) is 6.98. The van der Waals surface area contributed by atoms with Crippen molar-refractivity contribution in [2.75, 3.05) is 25.3 Å². The van der Waals surface area contributed by atoms with Crippen molar-refractivity contribution in [1.82, 2.24) is 0 Å². The van der Waals surface area contributed by atoms with E-state index in [0.717, 1.165) is 0 Å². The third-order valence-electron chi connectivity index (χ3n) is 2.95. The summed E-state index contributed by atoms with van der Waals surface area (Å²) >= 11 is 0. The summed E-state index contributed by atoms with van der Waals surface area (Å²) in [6.07, 6.45) is 6.92. The lowest BCUT2D eigenvalue weighted by Crippen LogP contribution is -2.30. The molecule has 5 nitrogen and oxygen atoms in total. The van der Waals surface area contributed by atoms with Crippen LogP contribution in [0.5, 0.6) is 0 Å². The molecule has 0 saturated heterocycles. The smallest absolute Gasteiger partial charge is 0.204 e. The Balaban J connectivity index is 0.000000463. The van der Waals surface area contributed by atoms with Crippen LogP contribution < -0.4 is 9.47 Å². The van der Waals surface area contributed by atoms with Gasteiger partial charge in [0.1, 0.15) is 7.05 Å². The summed E-state index contributed by atoms with van der Waals surface area (Å²) < 4.78 is 29.3. The maximum atomic E-state index is 9.08. The summed E-state index contributed by atoms with van der Waals surface area (Å²) in [4.78, 5) is 2.10. The number of aromatic nitrogens is 1. The van der Waals surface area contributed by atoms with Crippen molar-refractivity contribution in [2.45, 2.75) is 0 Å². The molecule has 0 aliphatic rings. The van der Waals surface area contributed by atoms with Gasteiger partial charge in [0.25, 0.3) is 0 Å². The zero-order chi connectivity index (χ0) is 17.5. The normalized spacial score (nSPS) is 11.0. The molecule has 0 aliphatic heterocycles. The van der Waals surface area contributed by atoms with Crippen molar-refractivity contribution >= 4 is 28.0 Å². The summed E-state index contributed by atoms with van der Waals surface area (Å²) in [7, 11) is 2.23. The van der Waals surface area contributed by atoms with Crippen LogP contribution in [0.1, 0.15) is 11.3 Å². The van der Waals surface area contributed by atoms with Gasteiger partial charge in [-0.2, -0.15) is 0 Å². The number of benzene rings is 1. The van der Waals surface area contributed by atoms with Crippen LogP contribution in [0.15, 0.2) is 48.7 Å². The van der Waals surface area contributed by atoms with Crippen molar-refractivity contribution in [2.24, 2.45) is 7.05 Å². The minimum atomic E-state index is -3.92. The lowest BCUT2D eigenvalue weighted by atomic mass is 10.1. The molecule has 0 aliphatic carbocycles. The Morgan fingerprint density at radius 2 is 1.61 bits per heavy atom. The molecule has 0 fully saturated rings. The van der Waals surface area contributed by atoms with Crippen LogP contribution in [0.3, 0.4) is 0 Å². The fraction of sp³-hybridized carbons (Fsp3) is 0.235. The second-order valence-electron chi connectivity index (χ2n) is 5.26. The van der Waals surface area contributed by atoms with Gasteiger partial charge < -0.3 is 9.45 Å². The molecule has 0 unspecified atom stereocenters. The van der Waals surface area contributed by atoms with Crippen LogP contribution >= 0.6 is 0 Å². The molecule has 2 rings (SSSR count). The summed E-state index contributed by atoms with van der Waals surface area (Å²) in [5.74, 6) is 0. The number of anilines is 1. The topological polar surface area (TPSA) is 64.3 Å². The predicted octanol–water partition coefficient (Wildman–Crippen LogP) is 1.91. The fourth-order valence-corrected chi connectivity index (χ4v) is 1.77. The number of nitrogens with zero attached hydrogens (tertiary/aromatic N) is 2. The molecule has 1 heterocycles. The second kappa shape index (κ2) is 8.45. The van der Waals surface area contributed by atoms with Gasteiger partial charge in [0, 0.05) is 44.2 Å². The Kier molecular flexibility index (Phi) is 6.93. The first-order valence-corrected chi connectivity index (χ1v) is 8.79. The maximum absolute atomic E-state index is 9.08. The van der Waals surface area contributed by atoms with Gasteiger partial charge in [0.05, 0.1) is 10.1 Å². The van der Waals surface area contributed by atoms with E-state index < -0.39 is 10.1 Å². The Morgan fingerprint density at radius 1 is 1.04 bits per heavy atom. The molecule has 0 amide bonds. The van der Waals surface area contributed by atoms with E-state index in [1.54, 1.807) is 0 Å². The second-order valence-corrected chi connectivity index (χ2v) is 6.67. The summed E-state index contributed by atoms with van der Waals surface area (Å²) in [5.41, 5.74) is 3.62.